The molecule has 1 aliphatic rings. The molecule has 1 atom stereocenters. The highest BCUT2D eigenvalue weighted by molar-refractivity contribution is 5.20. The SMILES string of the molecule is CCCCCCCCCC(CNC1CC1)c1ccccc1. The third kappa shape index (κ3) is 7.13. The van der Waals surface area contributed by atoms with Gasteiger partial charge in [-0.2, -0.15) is 0 Å². The summed E-state index contributed by atoms with van der Waals surface area (Å²) in [7, 11) is 0. The highest BCUT2D eigenvalue weighted by Gasteiger charge is 2.22. The van der Waals surface area contributed by atoms with E-state index in [1.54, 1.807) is 0 Å². The zero-order valence-corrected chi connectivity index (χ0v) is 13.8. The molecule has 1 nitrogen and oxygen atoms in total. The van der Waals surface area contributed by atoms with E-state index in [9.17, 15) is 0 Å². The van der Waals surface area contributed by atoms with Crippen molar-refractivity contribution in [2.24, 2.45) is 0 Å². The molecule has 1 unspecified atom stereocenters. The first-order valence-electron chi connectivity index (χ1n) is 9.18. The summed E-state index contributed by atoms with van der Waals surface area (Å²) in [5, 5.41) is 3.72. The van der Waals surface area contributed by atoms with E-state index in [0.717, 1.165) is 6.04 Å². The minimum atomic E-state index is 0.711. The van der Waals surface area contributed by atoms with Gasteiger partial charge >= 0.3 is 0 Å². The highest BCUT2D eigenvalue weighted by Crippen LogP contribution is 2.25. The van der Waals surface area contributed by atoms with Gasteiger partial charge in [-0.15, -0.1) is 0 Å². The topological polar surface area (TPSA) is 12.0 Å². The Morgan fingerprint density at radius 2 is 1.62 bits per heavy atom. The molecule has 1 aromatic carbocycles. The summed E-state index contributed by atoms with van der Waals surface area (Å²) < 4.78 is 0. The quantitative estimate of drug-likeness (QED) is 0.489. The van der Waals surface area contributed by atoms with Gasteiger partial charge in [0.15, 0.2) is 0 Å². The minimum absolute atomic E-state index is 0.711. The van der Waals surface area contributed by atoms with Gasteiger partial charge in [0.2, 0.25) is 0 Å². The van der Waals surface area contributed by atoms with E-state index >= 15 is 0 Å². The fraction of sp³-hybridized carbons (Fsp3) is 0.700. The molecule has 1 N–H and O–H groups in total. The van der Waals surface area contributed by atoms with Gasteiger partial charge in [0.1, 0.15) is 0 Å². The largest absolute Gasteiger partial charge is 0.313 e. The van der Waals surface area contributed by atoms with Gasteiger partial charge in [-0.1, -0.05) is 82.2 Å². The molecule has 1 fully saturated rings. The zero-order chi connectivity index (χ0) is 14.8. The van der Waals surface area contributed by atoms with Crippen LogP contribution in [0.4, 0.5) is 0 Å². The van der Waals surface area contributed by atoms with Gasteiger partial charge in [0.25, 0.3) is 0 Å². The summed E-state index contributed by atoms with van der Waals surface area (Å²) in [6.07, 6.45) is 14.0. The summed E-state index contributed by atoms with van der Waals surface area (Å²) in [4.78, 5) is 0. The smallest absolute Gasteiger partial charge is 0.00684 e. The minimum Gasteiger partial charge on any atom is -0.313 e. The van der Waals surface area contributed by atoms with Crippen molar-refractivity contribution in [1.82, 2.24) is 5.32 Å². The third-order valence-electron chi connectivity index (χ3n) is 4.66. The predicted octanol–water partition coefficient (Wildman–Crippen LogP) is 5.66. The lowest BCUT2D eigenvalue weighted by Crippen LogP contribution is -2.23. The Labute approximate surface area is 131 Å². The maximum absolute atomic E-state index is 3.72. The summed E-state index contributed by atoms with van der Waals surface area (Å²) in [6, 6.07) is 11.9. The molecule has 0 aromatic heterocycles. The number of hydrogen-bond donors (Lipinski definition) is 1. The molecule has 21 heavy (non-hydrogen) atoms. The second-order valence-electron chi connectivity index (χ2n) is 6.70. The van der Waals surface area contributed by atoms with Gasteiger partial charge in [0.05, 0.1) is 0 Å². The van der Waals surface area contributed by atoms with Crippen LogP contribution in [0, 0.1) is 0 Å². The standard InChI is InChI=1S/C20H33N/c1-2-3-4-5-6-7-9-14-19(17-21-20-15-16-20)18-12-10-8-11-13-18/h8,10-13,19-21H,2-7,9,14-17H2,1H3. The molecule has 1 heteroatoms. The molecular weight excluding hydrogens is 254 g/mol. The molecule has 0 radical (unpaired) electrons. The van der Waals surface area contributed by atoms with Crippen molar-refractivity contribution in [2.45, 2.75) is 83.1 Å². The van der Waals surface area contributed by atoms with E-state index in [2.05, 4.69) is 42.6 Å². The normalized spacial score (nSPS) is 16.0. The van der Waals surface area contributed by atoms with Crippen LogP contribution in [0.5, 0.6) is 0 Å². The molecule has 1 aromatic rings. The molecule has 0 amide bonds. The van der Waals surface area contributed by atoms with Gasteiger partial charge < -0.3 is 5.32 Å². The Hall–Kier alpha value is -0.820. The van der Waals surface area contributed by atoms with Crippen molar-refractivity contribution in [1.29, 1.82) is 0 Å². The maximum Gasteiger partial charge on any atom is 0.00684 e. The summed E-state index contributed by atoms with van der Waals surface area (Å²) in [5.74, 6) is 0.711. The molecule has 1 aliphatic carbocycles. The first kappa shape index (κ1) is 16.5. The van der Waals surface area contributed by atoms with Crippen molar-refractivity contribution in [3.05, 3.63) is 35.9 Å². The molecule has 0 heterocycles. The summed E-state index contributed by atoms with van der Waals surface area (Å²) >= 11 is 0. The van der Waals surface area contributed by atoms with Crippen LogP contribution >= 0.6 is 0 Å². The fourth-order valence-electron chi connectivity index (χ4n) is 3.06. The van der Waals surface area contributed by atoms with Crippen molar-refractivity contribution < 1.29 is 0 Å². The number of hydrogen-bond acceptors (Lipinski definition) is 1. The van der Waals surface area contributed by atoms with Crippen LogP contribution in [0.3, 0.4) is 0 Å². The Morgan fingerprint density at radius 1 is 0.952 bits per heavy atom. The van der Waals surface area contributed by atoms with Crippen LogP contribution in [0.15, 0.2) is 30.3 Å². The Kier molecular flexibility index (Phi) is 7.88. The second kappa shape index (κ2) is 10.00. The van der Waals surface area contributed by atoms with E-state index in [4.69, 9.17) is 0 Å². The van der Waals surface area contributed by atoms with Crippen LogP contribution in [0.25, 0.3) is 0 Å². The second-order valence-corrected chi connectivity index (χ2v) is 6.70. The van der Waals surface area contributed by atoms with Crippen LogP contribution < -0.4 is 5.32 Å². The van der Waals surface area contributed by atoms with Crippen LogP contribution in [0.1, 0.15) is 82.6 Å². The van der Waals surface area contributed by atoms with E-state index in [-0.39, 0.29) is 0 Å². The lowest BCUT2D eigenvalue weighted by Gasteiger charge is -2.18. The summed E-state index contributed by atoms with van der Waals surface area (Å²) in [5.41, 5.74) is 1.52. The average molecular weight is 287 g/mol. The van der Waals surface area contributed by atoms with E-state index < -0.39 is 0 Å². The molecule has 0 spiro atoms. The van der Waals surface area contributed by atoms with Crippen LogP contribution in [-0.2, 0) is 0 Å². The van der Waals surface area contributed by atoms with Gasteiger partial charge in [-0.05, 0) is 30.7 Å². The lowest BCUT2D eigenvalue weighted by atomic mass is 9.92. The zero-order valence-electron chi connectivity index (χ0n) is 13.8. The molecule has 0 saturated heterocycles. The van der Waals surface area contributed by atoms with E-state index in [1.165, 1.54) is 76.3 Å². The number of unbranched alkanes of at least 4 members (excludes halogenated alkanes) is 6. The van der Waals surface area contributed by atoms with Crippen molar-refractivity contribution in [3.8, 4) is 0 Å². The Balaban J connectivity index is 1.66. The van der Waals surface area contributed by atoms with Crippen molar-refractivity contribution >= 4 is 0 Å². The molecule has 2 rings (SSSR count). The predicted molar refractivity (Wildman–Crippen MR) is 92.8 cm³/mol. The van der Waals surface area contributed by atoms with E-state index in [0.29, 0.717) is 5.92 Å². The van der Waals surface area contributed by atoms with Gasteiger partial charge in [-0.25, -0.2) is 0 Å². The maximum atomic E-state index is 3.72. The monoisotopic (exact) mass is 287 g/mol. The van der Waals surface area contributed by atoms with Crippen LogP contribution in [-0.4, -0.2) is 12.6 Å². The molecular formula is C20H33N. The summed E-state index contributed by atoms with van der Waals surface area (Å²) in [6.45, 7) is 3.46. The molecule has 0 aliphatic heterocycles. The highest BCUT2D eigenvalue weighted by atomic mass is 14.9. The van der Waals surface area contributed by atoms with Crippen LogP contribution in [0.2, 0.25) is 0 Å². The third-order valence-corrected chi connectivity index (χ3v) is 4.66. The Bertz CT molecular complexity index is 355. The first-order valence-corrected chi connectivity index (χ1v) is 9.18. The van der Waals surface area contributed by atoms with Gasteiger partial charge in [-0.3, -0.25) is 0 Å². The fourth-order valence-corrected chi connectivity index (χ4v) is 3.06. The molecule has 118 valence electrons. The number of nitrogens with one attached hydrogen (secondary N) is 1. The lowest BCUT2D eigenvalue weighted by molar-refractivity contribution is 0.503. The average Bonchev–Trinajstić information content (AvgIpc) is 3.34. The molecule has 1 saturated carbocycles. The van der Waals surface area contributed by atoms with Gasteiger partial charge in [0, 0.05) is 12.6 Å². The van der Waals surface area contributed by atoms with Crippen molar-refractivity contribution in [2.75, 3.05) is 6.54 Å². The number of rotatable bonds is 12. The first-order chi connectivity index (χ1) is 10.4. The van der Waals surface area contributed by atoms with Crippen molar-refractivity contribution in [3.63, 3.8) is 0 Å². The Morgan fingerprint density at radius 3 is 2.29 bits per heavy atom. The van der Waals surface area contributed by atoms with E-state index in [1.807, 2.05) is 0 Å². The molecule has 0 bridgehead atoms. The number of benzene rings is 1.